The van der Waals surface area contributed by atoms with E-state index in [-0.39, 0.29) is 12.8 Å². The predicted octanol–water partition coefficient (Wildman–Crippen LogP) is 2.58. The minimum atomic E-state index is -2.54. The lowest BCUT2D eigenvalue weighted by atomic mass is 9.61. The van der Waals surface area contributed by atoms with Gasteiger partial charge >= 0.3 is 0 Å². The summed E-state index contributed by atoms with van der Waals surface area (Å²) in [5.74, 6) is -1.85. The Bertz CT molecular complexity index is 398. The summed E-state index contributed by atoms with van der Waals surface area (Å²) in [7, 11) is 3.36. The van der Waals surface area contributed by atoms with Crippen molar-refractivity contribution in [3.8, 4) is 5.75 Å². The van der Waals surface area contributed by atoms with Gasteiger partial charge in [-0.2, -0.15) is 0 Å². The maximum atomic E-state index is 13.2. The Labute approximate surface area is 100.0 Å². The smallest absolute Gasteiger partial charge is 0.250 e. The fourth-order valence-corrected chi connectivity index (χ4v) is 2.77. The number of hydrogen-bond donors (Lipinski definition) is 1. The molecule has 0 atom stereocenters. The van der Waals surface area contributed by atoms with Crippen LogP contribution < -0.4 is 10.1 Å². The fraction of sp³-hybridized carbons (Fsp3) is 0.538. The Morgan fingerprint density at radius 3 is 2.47 bits per heavy atom. The van der Waals surface area contributed by atoms with Crippen molar-refractivity contribution in [2.45, 2.75) is 24.2 Å². The lowest BCUT2D eigenvalue weighted by Gasteiger charge is -2.48. The summed E-state index contributed by atoms with van der Waals surface area (Å²) < 4.78 is 31.7. The molecular formula is C13H17F2NO. The second-order valence-corrected chi connectivity index (χ2v) is 4.72. The van der Waals surface area contributed by atoms with Crippen LogP contribution in [0.2, 0.25) is 0 Å². The van der Waals surface area contributed by atoms with Crippen molar-refractivity contribution in [3.63, 3.8) is 0 Å². The van der Waals surface area contributed by atoms with E-state index in [9.17, 15) is 8.78 Å². The summed E-state index contributed by atoms with van der Waals surface area (Å²) in [6.45, 7) is 0.545. The molecule has 2 nitrogen and oxygen atoms in total. The van der Waals surface area contributed by atoms with Crippen molar-refractivity contribution in [2.24, 2.45) is 0 Å². The molecule has 2 rings (SSSR count). The van der Waals surface area contributed by atoms with Crippen LogP contribution in [0.4, 0.5) is 8.78 Å². The molecule has 1 aliphatic rings. The van der Waals surface area contributed by atoms with Gasteiger partial charge in [-0.05, 0) is 13.1 Å². The Hall–Kier alpha value is -1.16. The number of likely N-dealkylation sites (N-methyl/N-ethyl adjacent to an activating group) is 1. The van der Waals surface area contributed by atoms with Gasteiger partial charge in [-0.25, -0.2) is 8.78 Å². The van der Waals surface area contributed by atoms with E-state index in [4.69, 9.17) is 4.74 Å². The Morgan fingerprint density at radius 1 is 1.29 bits per heavy atom. The van der Waals surface area contributed by atoms with Crippen molar-refractivity contribution in [3.05, 3.63) is 29.8 Å². The van der Waals surface area contributed by atoms with Gasteiger partial charge in [0.25, 0.3) is 0 Å². The van der Waals surface area contributed by atoms with E-state index in [0.29, 0.717) is 12.3 Å². The molecule has 1 aliphatic carbocycles. The number of benzene rings is 1. The molecule has 1 saturated carbocycles. The Kier molecular flexibility index (Phi) is 3.08. The molecule has 0 bridgehead atoms. The zero-order valence-electron chi connectivity index (χ0n) is 10.1. The average Bonchev–Trinajstić information content (AvgIpc) is 2.26. The molecule has 0 aliphatic heterocycles. The van der Waals surface area contributed by atoms with E-state index in [1.807, 2.05) is 24.3 Å². The minimum Gasteiger partial charge on any atom is -0.496 e. The summed E-state index contributed by atoms with van der Waals surface area (Å²) in [5.41, 5.74) is 0.382. The van der Waals surface area contributed by atoms with Gasteiger partial charge < -0.3 is 10.1 Å². The molecule has 4 heteroatoms. The van der Waals surface area contributed by atoms with Gasteiger partial charge in [0.05, 0.1) is 7.11 Å². The molecule has 1 fully saturated rings. The van der Waals surface area contributed by atoms with Crippen LogP contribution in [0.3, 0.4) is 0 Å². The molecular weight excluding hydrogens is 224 g/mol. The number of halogens is 2. The van der Waals surface area contributed by atoms with Crippen LogP contribution in [0.15, 0.2) is 24.3 Å². The van der Waals surface area contributed by atoms with E-state index >= 15 is 0 Å². The van der Waals surface area contributed by atoms with E-state index in [0.717, 1.165) is 5.56 Å². The Morgan fingerprint density at radius 2 is 1.94 bits per heavy atom. The third kappa shape index (κ3) is 2.14. The van der Waals surface area contributed by atoms with Gasteiger partial charge in [-0.1, -0.05) is 18.2 Å². The van der Waals surface area contributed by atoms with Gasteiger partial charge in [0.2, 0.25) is 5.92 Å². The monoisotopic (exact) mass is 241 g/mol. The van der Waals surface area contributed by atoms with E-state index in [2.05, 4.69) is 5.32 Å². The highest BCUT2D eigenvalue weighted by atomic mass is 19.3. The summed E-state index contributed by atoms with van der Waals surface area (Å²) in [5, 5.41) is 3.01. The van der Waals surface area contributed by atoms with E-state index in [1.165, 1.54) is 0 Å². The first-order chi connectivity index (χ1) is 8.03. The van der Waals surface area contributed by atoms with Crippen LogP contribution >= 0.6 is 0 Å². The van der Waals surface area contributed by atoms with Crippen LogP contribution in [0.5, 0.6) is 5.75 Å². The van der Waals surface area contributed by atoms with Crippen molar-refractivity contribution >= 4 is 0 Å². The standard InChI is InChI=1S/C13H17F2NO/c1-16-9-12(7-13(14,15)8-12)10-5-3-4-6-11(10)17-2/h3-6,16H,7-9H2,1-2H3. The highest BCUT2D eigenvalue weighted by Crippen LogP contribution is 2.54. The molecule has 17 heavy (non-hydrogen) atoms. The maximum absolute atomic E-state index is 13.2. The number of rotatable bonds is 4. The number of hydrogen-bond acceptors (Lipinski definition) is 2. The van der Waals surface area contributed by atoms with Crippen molar-refractivity contribution < 1.29 is 13.5 Å². The minimum absolute atomic E-state index is 0.110. The first-order valence-corrected chi connectivity index (χ1v) is 5.69. The molecule has 0 saturated heterocycles. The SMILES string of the molecule is CNCC1(c2ccccc2OC)CC(F)(F)C1. The average molecular weight is 241 g/mol. The quantitative estimate of drug-likeness (QED) is 0.874. The van der Waals surface area contributed by atoms with E-state index < -0.39 is 11.3 Å². The molecule has 1 aromatic carbocycles. The molecule has 0 heterocycles. The van der Waals surface area contributed by atoms with Gasteiger partial charge in [-0.15, -0.1) is 0 Å². The van der Waals surface area contributed by atoms with Crippen molar-refractivity contribution in [2.75, 3.05) is 20.7 Å². The first-order valence-electron chi connectivity index (χ1n) is 5.69. The van der Waals surface area contributed by atoms with Crippen molar-refractivity contribution in [1.29, 1.82) is 0 Å². The van der Waals surface area contributed by atoms with Gasteiger partial charge in [0.15, 0.2) is 0 Å². The molecule has 0 aromatic heterocycles. The topological polar surface area (TPSA) is 21.3 Å². The second-order valence-electron chi connectivity index (χ2n) is 4.72. The molecule has 94 valence electrons. The van der Waals surface area contributed by atoms with Crippen LogP contribution in [0.25, 0.3) is 0 Å². The van der Waals surface area contributed by atoms with Gasteiger partial charge in [-0.3, -0.25) is 0 Å². The van der Waals surface area contributed by atoms with Gasteiger partial charge in [0.1, 0.15) is 5.75 Å². The van der Waals surface area contributed by atoms with Crippen LogP contribution in [0.1, 0.15) is 18.4 Å². The summed E-state index contributed by atoms with van der Waals surface area (Å²) >= 11 is 0. The maximum Gasteiger partial charge on any atom is 0.250 e. The molecule has 1 N–H and O–H groups in total. The predicted molar refractivity (Wildman–Crippen MR) is 62.8 cm³/mol. The third-order valence-electron chi connectivity index (χ3n) is 3.39. The largest absolute Gasteiger partial charge is 0.496 e. The highest BCUT2D eigenvalue weighted by molar-refractivity contribution is 5.42. The molecule has 0 radical (unpaired) electrons. The number of methoxy groups -OCH3 is 1. The normalized spacial score (nSPS) is 20.7. The number of ether oxygens (including phenoxy) is 1. The highest BCUT2D eigenvalue weighted by Gasteiger charge is 2.57. The lowest BCUT2D eigenvalue weighted by molar-refractivity contribution is -0.125. The summed E-state index contributed by atoms with van der Waals surface area (Å²) in [6.07, 6.45) is -0.220. The zero-order valence-corrected chi connectivity index (χ0v) is 10.1. The first kappa shape index (κ1) is 12.3. The van der Waals surface area contributed by atoms with Gasteiger partial charge in [0, 0.05) is 30.4 Å². The van der Waals surface area contributed by atoms with Crippen molar-refractivity contribution in [1.82, 2.24) is 5.32 Å². The third-order valence-corrected chi connectivity index (χ3v) is 3.39. The molecule has 0 spiro atoms. The lowest BCUT2D eigenvalue weighted by Crippen LogP contribution is -2.54. The number of alkyl halides is 2. The molecule has 0 amide bonds. The summed E-state index contributed by atoms with van der Waals surface area (Å²) in [4.78, 5) is 0. The van der Waals surface area contributed by atoms with Crippen LogP contribution in [0, 0.1) is 0 Å². The van der Waals surface area contributed by atoms with Crippen LogP contribution in [-0.2, 0) is 5.41 Å². The molecule has 1 aromatic rings. The Balaban J connectivity index is 2.34. The summed E-state index contributed by atoms with van der Waals surface area (Å²) in [6, 6.07) is 7.42. The van der Waals surface area contributed by atoms with Crippen LogP contribution in [-0.4, -0.2) is 26.6 Å². The molecule has 0 unspecified atom stereocenters. The fourth-order valence-electron chi connectivity index (χ4n) is 2.77. The van der Waals surface area contributed by atoms with E-state index in [1.54, 1.807) is 14.2 Å². The zero-order chi connectivity index (χ0) is 12.5. The number of nitrogens with one attached hydrogen (secondary N) is 1. The second kappa shape index (κ2) is 4.26. The number of para-hydroxylation sites is 1.